The van der Waals surface area contributed by atoms with Crippen molar-refractivity contribution in [2.75, 3.05) is 25.0 Å². The van der Waals surface area contributed by atoms with Gasteiger partial charge in [-0.1, -0.05) is 53.5 Å². The molecule has 2 aromatic carbocycles. The molecule has 1 fully saturated rings. The predicted octanol–water partition coefficient (Wildman–Crippen LogP) is 5.83. The molecule has 3 aromatic rings. The number of hydrogen-bond donors (Lipinski definition) is 1. The van der Waals surface area contributed by atoms with Gasteiger partial charge in [0.1, 0.15) is 12.3 Å². The zero-order valence-corrected chi connectivity index (χ0v) is 20.7. The van der Waals surface area contributed by atoms with Crippen LogP contribution in [-0.2, 0) is 22.6 Å². The number of carbonyl (C=O) groups excluding carboxylic acids is 2. The Morgan fingerprint density at radius 1 is 0.971 bits per heavy atom. The van der Waals surface area contributed by atoms with Crippen LogP contribution in [0.4, 0.5) is 10.5 Å². The summed E-state index contributed by atoms with van der Waals surface area (Å²) in [7, 11) is 0. The van der Waals surface area contributed by atoms with Crippen LogP contribution < -0.4 is 5.32 Å². The highest BCUT2D eigenvalue weighted by molar-refractivity contribution is 6.42. The van der Waals surface area contributed by atoms with Crippen molar-refractivity contribution in [2.45, 2.75) is 32.0 Å². The largest absolute Gasteiger partial charge is 0.467 e. The number of hydrogen-bond acceptors (Lipinski definition) is 4. The molecule has 1 aliphatic heterocycles. The van der Waals surface area contributed by atoms with Gasteiger partial charge in [-0.3, -0.25) is 4.79 Å². The number of rotatable bonds is 9. The summed E-state index contributed by atoms with van der Waals surface area (Å²) in [5.74, 6) is 0.466. The highest BCUT2D eigenvalue weighted by Gasteiger charge is 2.27. The Bertz CT molecular complexity index is 1120. The van der Waals surface area contributed by atoms with Gasteiger partial charge in [0.05, 0.1) is 29.0 Å². The Balaban J connectivity index is 1.50. The summed E-state index contributed by atoms with van der Waals surface area (Å²) in [6.45, 7) is 1.53. The highest BCUT2D eigenvalue weighted by Crippen LogP contribution is 2.25. The molecular formula is C26H27Cl2N3O4. The van der Waals surface area contributed by atoms with E-state index in [1.54, 1.807) is 35.4 Å². The molecular weight excluding hydrogens is 489 g/mol. The topological polar surface area (TPSA) is 75.0 Å². The van der Waals surface area contributed by atoms with Crippen molar-refractivity contribution in [1.29, 1.82) is 0 Å². The molecule has 1 unspecified atom stereocenters. The van der Waals surface area contributed by atoms with Crippen molar-refractivity contribution in [3.05, 3.63) is 88.3 Å². The number of furan rings is 1. The quantitative estimate of drug-likeness (QED) is 0.389. The van der Waals surface area contributed by atoms with E-state index < -0.39 is 6.03 Å². The second-order valence-corrected chi connectivity index (χ2v) is 9.20. The molecule has 0 bridgehead atoms. The molecule has 0 aliphatic carbocycles. The SMILES string of the molecule is O=C(CN(CC1CCCO1)C(=O)Nc1ccc(Cl)c(Cl)c1)N(Cc1ccccc1)Cc1ccco1. The van der Waals surface area contributed by atoms with Gasteiger partial charge in [0.25, 0.3) is 0 Å². The second-order valence-electron chi connectivity index (χ2n) is 8.39. The third kappa shape index (κ3) is 7.24. The molecule has 0 spiro atoms. The lowest BCUT2D eigenvalue weighted by atomic mass is 10.2. The van der Waals surface area contributed by atoms with E-state index in [-0.39, 0.29) is 18.6 Å². The first-order chi connectivity index (χ1) is 17.0. The van der Waals surface area contributed by atoms with E-state index in [1.807, 2.05) is 36.4 Å². The van der Waals surface area contributed by atoms with Crippen LogP contribution in [-0.4, -0.2) is 47.5 Å². The van der Waals surface area contributed by atoms with Crippen LogP contribution in [0.25, 0.3) is 0 Å². The average molecular weight is 516 g/mol. The maximum Gasteiger partial charge on any atom is 0.322 e. The van der Waals surface area contributed by atoms with E-state index in [2.05, 4.69) is 5.32 Å². The van der Waals surface area contributed by atoms with Crippen molar-refractivity contribution in [1.82, 2.24) is 9.80 Å². The molecule has 184 valence electrons. The fourth-order valence-corrected chi connectivity index (χ4v) is 4.22. The lowest BCUT2D eigenvalue weighted by molar-refractivity contribution is -0.133. The Morgan fingerprint density at radius 3 is 2.49 bits per heavy atom. The molecule has 0 saturated carbocycles. The first-order valence-electron chi connectivity index (χ1n) is 11.4. The molecule has 1 atom stereocenters. The number of carbonyl (C=O) groups is 2. The van der Waals surface area contributed by atoms with E-state index in [0.29, 0.717) is 47.7 Å². The number of benzene rings is 2. The lowest BCUT2D eigenvalue weighted by Crippen LogP contribution is -2.46. The molecule has 4 rings (SSSR count). The van der Waals surface area contributed by atoms with Gasteiger partial charge >= 0.3 is 6.03 Å². The average Bonchev–Trinajstić information content (AvgIpc) is 3.56. The number of anilines is 1. The van der Waals surface area contributed by atoms with Crippen LogP contribution in [0.15, 0.2) is 71.3 Å². The number of ether oxygens (including phenoxy) is 1. The van der Waals surface area contributed by atoms with Crippen LogP contribution in [0.3, 0.4) is 0 Å². The molecule has 2 heterocycles. The first-order valence-corrected chi connectivity index (χ1v) is 12.2. The zero-order chi connectivity index (χ0) is 24.6. The minimum atomic E-state index is -0.412. The molecule has 1 aliphatic rings. The van der Waals surface area contributed by atoms with Crippen molar-refractivity contribution in [3.8, 4) is 0 Å². The predicted molar refractivity (Wildman–Crippen MR) is 135 cm³/mol. The summed E-state index contributed by atoms with van der Waals surface area (Å²) < 4.78 is 11.2. The molecule has 7 nitrogen and oxygen atoms in total. The van der Waals surface area contributed by atoms with Crippen LogP contribution in [0.5, 0.6) is 0 Å². The zero-order valence-electron chi connectivity index (χ0n) is 19.2. The molecule has 1 saturated heterocycles. The van der Waals surface area contributed by atoms with Gasteiger partial charge in [0.15, 0.2) is 0 Å². The number of nitrogens with zero attached hydrogens (tertiary/aromatic N) is 2. The summed E-state index contributed by atoms with van der Waals surface area (Å²) in [6, 6.07) is 17.8. The first kappa shape index (κ1) is 25.1. The number of urea groups is 1. The minimum absolute atomic E-state index is 0.111. The third-order valence-corrected chi connectivity index (χ3v) is 6.47. The molecule has 1 N–H and O–H groups in total. The Kier molecular flexibility index (Phi) is 8.69. The van der Waals surface area contributed by atoms with E-state index >= 15 is 0 Å². The minimum Gasteiger partial charge on any atom is -0.467 e. The summed E-state index contributed by atoms with van der Waals surface area (Å²) in [6.07, 6.45) is 3.23. The second kappa shape index (κ2) is 12.1. The van der Waals surface area contributed by atoms with Gasteiger partial charge in [-0.2, -0.15) is 0 Å². The number of halogens is 2. The molecule has 1 aromatic heterocycles. The van der Waals surface area contributed by atoms with E-state index in [0.717, 1.165) is 18.4 Å². The normalized spacial score (nSPS) is 15.1. The monoisotopic (exact) mass is 515 g/mol. The highest BCUT2D eigenvalue weighted by atomic mass is 35.5. The molecule has 3 amide bonds. The van der Waals surface area contributed by atoms with Crippen molar-refractivity contribution < 1.29 is 18.7 Å². The van der Waals surface area contributed by atoms with E-state index in [4.69, 9.17) is 32.4 Å². The smallest absolute Gasteiger partial charge is 0.322 e. The summed E-state index contributed by atoms with van der Waals surface area (Å²) in [5.41, 5.74) is 1.48. The van der Waals surface area contributed by atoms with Gasteiger partial charge < -0.3 is 24.3 Å². The maximum absolute atomic E-state index is 13.5. The Hall–Kier alpha value is -3.00. The summed E-state index contributed by atoms with van der Waals surface area (Å²) in [5, 5.41) is 3.55. The summed E-state index contributed by atoms with van der Waals surface area (Å²) in [4.78, 5) is 29.9. The van der Waals surface area contributed by atoms with Crippen molar-refractivity contribution in [3.63, 3.8) is 0 Å². The number of amides is 3. The van der Waals surface area contributed by atoms with Gasteiger partial charge in [-0.25, -0.2) is 4.79 Å². The fraction of sp³-hybridized carbons (Fsp3) is 0.308. The number of nitrogens with one attached hydrogen (secondary N) is 1. The van der Waals surface area contributed by atoms with Gasteiger partial charge in [-0.05, 0) is 48.7 Å². The van der Waals surface area contributed by atoms with Crippen LogP contribution in [0.1, 0.15) is 24.2 Å². The third-order valence-electron chi connectivity index (χ3n) is 5.73. The lowest BCUT2D eigenvalue weighted by Gasteiger charge is -2.29. The van der Waals surface area contributed by atoms with Crippen molar-refractivity contribution >= 4 is 40.8 Å². The van der Waals surface area contributed by atoms with Gasteiger partial charge in [0.2, 0.25) is 5.91 Å². The van der Waals surface area contributed by atoms with Crippen LogP contribution in [0, 0.1) is 0 Å². The summed E-state index contributed by atoms with van der Waals surface area (Å²) >= 11 is 12.1. The standard InChI is InChI=1S/C26H27Cl2N3O4/c27-23-11-10-20(14-24(23)28)29-26(33)31(17-22-9-5-13-35-22)18-25(32)30(16-21-8-4-12-34-21)15-19-6-2-1-3-7-19/h1-4,6-8,10-12,14,22H,5,9,13,15-18H2,(H,29,33). The van der Waals surface area contributed by atoms with Gasteiger partial charge in [0, 0.05) is 25.4 Å². The van der Waals surface area contributed by atoms with Crippen LogP contribution >= 0.6 is 23.2 Å². The van der Waals surface area contributed by atoms with Crippen LogP contribution in [0.2, 0.25) is 10.0 Å². The van der Waals surface area contributed by atoms with Crippen molar-refractivity contribution in [2.24, 2.45) is 0 Å². The van der Waals surface area contributed by atoms with E-state index in [9.17, 15) is 9.59 Å². The fourth-order valence-electron chi connectivity index (χ4n) is 3.92. The molecule has 35 heavy (non-hydrogen) atoms. The Morgan fingerprint density at radius 2 is 1.80 bits per heavy atom. The molecule has 9 heteroatoms. The Labute approximate surface area is 214 Å². The van der Waals surface area contributed by atoms with E-state index in [1.165, 1.54) is 4.90 Å². The van der Waals surface area contributed by atoms with Gasteiger partial charge in [-0.15, -0.1) is 0 Å². The maximum atomic E-state index is 13.5. The molecule has 0 radical (unpaired) electrons.